The summed E-state index contributed by atoms with van der Waals surface area (Å²) < 4.78 is 8.92. The predicted molar refractivity (Wildman–Crippen MR) is 213 cm³/mol. The summed E-state index contributed by atoms with van der Waals surface area (Å²) in [5, 5.41) is 4.74. The van der Waals surface area contributed by atoms with Crippen LogP contribution in [-0.2, 0) is 6.42 Å². The Hall–Kier alpha value is -6.85. The van der Waals surface area contributed by atoms with E-state index in [1.165, 1.54) is 21.7 Å². The summed E-state index contributed by atoms with van der Waals surface area (Å²) in [4.78, 5) is 14.8. The van der Waals surface area contributed by atoms with Crippen LogP contribution in [0.4, 0.5) is 0 Å². The Bertz CT molecular complexity index is 2880. The largest absolute Gasteiger partial charge is 0.456 e. The quantitative estimate of drug-likeness (QED) is 0.177. The molecule has 5 nitrogen and oxygen atoms in total. The number of hydrogen-bond acceptors (Lipinski definition) is 4. The van der Waals surface area contributed by atoms with E-state index in [9.17, 15) is 0 Å². The fourth-order valence-electron chi connectivity index (χ4n) is 7.47. The van der Waals surface area contributed by atoms with Crippen LogP contribution in [0.3, 0.4) is 0 Å². The summed E-state index contributed by atoms with van der Waals surface area (Å²) in [6.45, 7) is 2.18. The van der Waals surface area contributed by atoms with Crippen LogP contribution in [0.2, 0.25) is 0 Å². The zero-order valence-corrected chi connectivity index (χ0v) is 28.5. The number of aryl methyl sites for hydroxylation is 1. The SMILES string of the molecule is CCc1cccc2c1oc1cc3c(cc12)c1ccccc1n3-c1cccc(-c2cccc(-c3nc(-c4ccccc4)nc(-c4ccccc4)n3)c2)c1. The number of hydrogen-bond donors (Lipinski definition) is 0. The van der Waals surface area contributed by atoms with Gasteiger partial charge in [0.2, 0.25) is 0 Å². The lowest BCUT2D eigenvalue weighted by molar-refractivity contribution is 0.664. The topological polar surface area (TPSA) is 56.7 Å². The van der Waals surface area contributed by atoms with Gasteiger partial charge in [-0.05, 0) is 53.4 Å². The van der Waals surface area contributed by atoms with Crippen LogP contribution in [0.5, 0.6) is 0 Å². The lowest BCUT2D eigenvalue weighted by Crippen LogP contribution is -2.00. The van der Waals surface area contributed by atoms with Crippen LogP contribution in [0.25, 0.3) is 94.7 Å². The Labute approximate surface area is 300 Å². The Morgan fingerprint density at radius 1 is 0.442 bits per heavy atom. The molecule has 5 heteroatoms. The maximum atomic E-state index is 6.56. The van der Waals surface area contributed by atoms with Gasteiger partial charge in [-0.3, -0.25) is 0 Å². The minimum Gasteiger partial charge on any atom is -0.456 e. The molecule has 0 fully saturated rings. The third-order valence-corrected chi connectivity index (χ3v) is 10.0. The van der Waals surface area contributed by atoms with Crippen molar-refractivity contribution in [2.24, 2.45) is 0 Å². The van der Waals surface area contributed by atoms with Crippen molar-refractivity contribution in [2.75, 3.05) is 0 Å². The average molecular weight is 669 g/mol. The molecule has 0 unspecified atom stereocenters. The van der Waals surface area contributed by atoms with Gasteiger partial charge < -0.3 is 8.98 Å². The number of fused-ring (bicyclic) bond motifs is 6. The smallest absolute Gasteiger partial charge is 0.164 e. The second-order valence-electron chi connectivity index (χ2n) is 13.1. The monoisotopic (exact) mass is 668 g/mol. The zero-order chi connectivity index (χ0) is 34.6. The highest BCUT2D eigenvalue weighted by molar-refractivity contribution is 6.17. The third kappa shape index (κ3) is 4.97. The summed E-state index contributed by atoms with van der Waals surface area (Å²) in [5.41, 5.74) is 11.5. The van der Waals surface area contributed by atoms with Gasteiger partial charge >= 0.3 is 0 Å². The number of benzene rings is 7. The first kappa shape index (κ1) is 30.0. The molecule has 0 aliphatic carbocycles. The van der Waals surface area contributed by atoms with Crippen LogP contribution < -0.4 is 0 Å². The van der Waals surface area contributed by atoms with Gasteiger partial charge in [-0.1, -0.05) is 134 Å². The van der Waals surface area contributed by atoms with Gasteiger partial charge in [-0.2, -0.15) is 0 Å². The summed E-state index contributed by atoms with van der Waals surface area (Å²) >= 11 is 0. The van der Waals surface area contributed by atoms with E-state index >= 15 is 0 Å². The molecule has 0 aliphatic heterocycles. The fourth-order valence-corrected chi connectivity index (χ4v) is 7.47. The molecule has 0 saturated carbocycles. The highest BCUT2D eigenvalue weighted by Crippen LogP contribution is 2.39. The first-order valence-corrected chi connectivity index (χ1v) is 17.7. The molecule has 52 heavy (non-hydrogen) atoms. The van der Waals surface area contributed by atoms with E-state index < -0.39 is 0 Å². The molecule has 0 amide bonds. The molecule has 0 saturated heterocycles. The highest BCUT2D eigenvalue weighted by atomic mass is 16.3. The van der Waals surface area contributed by atoms with E-state index in [0.717, 1.165) is 67.5 Å². The molecule has 10 aromatic rings. The second-order valence-corrected chi connectivity index (χ2v) is 13.1. The normalized spacial score (nSPS) is 11.6. The van der Waals surface area contributed by atoms with Gasteiger partial charge in [-0.25, -0.2) is 15.0 Å². The minimum atomic E-state index is 0.634. The molecule has 3 heterocycles. The van der Waals surface area contributed by atoms with Gasteiger partial charge in [0.1, 0.15) is 11.2 Å². The Morgan fingerprint density at radius 2 is 1.02 bits per heavy atom. The molecular weight excluding hydrogens is 637 g/mol. The van der Waals surface area contributed by atoms with Crippen molar-refractivity contribution in [3.05, 3.63) is 169 Å². The molecule has 7 aromatic carbocycles. The maximum absolute atomic E-state index is 6.56. The Balaban J connectivity index is 1.11. The second kappa shape index (κ2) is 12.2. The highest BCUT2D eigenvalue weighted by Gasteiger charge is 2.18. The molecule has 0 aliphatic rings. The van der Waals surface area contributed by atoms with Crippen molar-refractivity contribution in [1.29, 1.82) is 0 Å². The van der Waals surface area contributed by atoms with E-state index in [4.69, 9.17) is 19.4 Å². The van der Waals surface area contributed by atoms with E-state index in [0.29, 0.717) is 17.5 Å². The molecule has 246 valence electrons. The first-order valence-electron chi connectivity index (χ1n) is 17.7. The first-order chi connectivity index (χ1) is 25.7. The summed E-state index contributed by atoms with van der Waals surface area (Å²) in [6.07, 6.45) is 0.926. The van der Waals surface area contributed by atoms with Crippen LogP contribution >= 0.6 is 0 Å². The van der Waals surface area contributed by atoms with Gasteiger partial charge in [0.25, 0.3) is 0 Å². The van der Waals surface area contributed by atoms with Gasteiger partial charge in [0, 0.05) is 50.0 Å². The van der Waals surface area contributed by atoms with E-state index in [2.05, 4.69) is 115 Å². The predicted octanol–water partition coefficient (Wildman–Crippen LogP) is 12.1. The molecule has 0 N–H and O–H groups in total. The standard InChI is InChI=1S/C47H32N4O/c1-2-30-18-13-24-38-40-28-39-37-23-9-10-25-41(37)51(42(39)29-43(40)52-44(30)38)36-22-12-20-34(27-36)33-19-11-21-35(26-33)47-49-45(31-14-5-3-6-15-31)48-46(50-47)32-16-7-4-8-17-32/h3-29H,2H2,1H3. The van der Waals surface area contributed by atoms with Gasteiger partial charge in [-0.15, -0.1) is 0 Å². The number of para-hydroxylation sites is 2. The van der Waals surface area contributed by atoms with Crippen LogP contribution in [0.15, 0.2) is 168 Å². The van der Waals surface area contributed by atoms with Gasteiger partial charge in [0.15, 0.2) is 17.5 Å². The number of rotatable bonds is 6. The lowest BCUT2D eigenvalue weighted by atomic mass is 10.0. The Kier molecular flexibility index (Phi) is 7.03. The van der Waals surface area contributed by atoms with Crippen molar-refractivity contribution >= 4 is 43.7 Å². The van der Waals surface area contributed by atoms with E-state index in [-0.39, 0.29) is 0 Å². The molecule has 0 radical (unpaired) electrons. The molecule has 0 atom stereocenters. The number of furan rings is 1. The lowest BCUT2D eigenvalue weighted by Gasteiger charge is -2.12. The molecule has 0 spiro atoms. The van der Waals surface area contributed by atoms with E-state index in [1.54, 1.807) is 0 Å². The molecule has 10 rings (SSSR count). The van der Waals surface area contributed by atoms with Crippen molar-refractivity contribution in [3.8, 4) is 51.0 Å². The number of nitrogens with zero attached hydrogens (tertiary/aromatic N) is 4. The van der Waals surface area contributed by atoms with Crippen molar-refractivity contribution in [3.63, 3.8) is 0 Å². The van der Waals surface area contributed by atoms with Crippen molar-refractivity contribution in [1.82, 2.24) is 19.5 Å². The van der Waals surface area contributed by atoms with Crippen LogP contribution in [0, 0.1) is 0 Å². The molecule has 3 aromatic heterocycles. The van der Waals surface area contributed by atoms with Crippen LogP contribution in [-0.4, -0.2) is 19.5 Å². The summed E-state index contributed by atoms with van der Waals surface area (Å²) in [5.74, 6) is 1.93. The molecular formula is C47H32N4O. The zero-order valence-electron chi connectivity index (χ0n) is 28.5. The van der Waals surface area contributed by atoms with Gasteiger partial charge in [0.05, 0.1) is 11.0 Å². The number of aromatic nitrogens is 4. The Morgan fingerprint density at radius 3 is 1.75 bits per heavy atom. The summed E-state index contributed by atoms with van der Waals surface area (Å²) in [6, 6.07) is 57.0. The van der Waals surface area contributed by atoms with Crippen molar-refractivity contribution < 1.29 is 4.42 Å². The minimum absolute atomic E-state index is 0.634. The molecule has 0 bridgehead atoms. The van der Waals surface area contributed by atoms with Crippen molar-refractivity contribution in [2.45, 2.75) is 13.3 Å². The maximum Gasteiger partial charge on any atom is 0.164 e. The third-order valence-electron chi connectivity index (χ3n) is 10.0. The summed E-state index contributed by atoms with van der Waals surface area (Å²) in [7, 11) is 0. The van der Waals surface area contributed by atoms with E-state index in [1.807, 2.05) is 60.7 Å². The average Bonchev–Trinajstić information content (AvgIpc) is 3.75. The fraction of sp³-hybridized carbons (Fsp3) is 0.0426. The van der Waals surface area contributed by atoms with Crippen LogP contribution in [0.1, 0.15) is 12.5 Å².